The number of ether oxygens (including phenoxy) is 2. The molecule has 5 rings (SSSR count). The van der Waals surface area contributed by atoms with Gasteiger partial charge in [-0.25, -0.2) is 9.67 Å². The van der Waals surface area contributed by atoms with Gasteiger partial charge in [0.25, 0.3) is 11.5 Å². The minimum Gasteiger partial charge on any atom is -0.496 e. The van der Waals surface area contributed by atoms with Crippen molar-refractivity contribution in [1.29, 1.82) is 0 Å². The molecule has 35 heavy (non-hydrogen) atoms. The third kappa shape index (κ3) is 4.34. The average Bonchev–Trinajstić information content (AvgIpc) is 3.31. The van der Waals surface area contributed by atoms with E-state index in [2.05, 4.69) is 15.3 Å². The number of benzene rings is 2. The van der Waals surface area contributed by atoms with E-state index in [-0.39, 0.29) is 22.9 Å². The van der Waals surface area contributed by atoms with Crippen molar-refractivity contribution in [1.82, 2.24) is 29.9 Å². The van der Waals surface area contributed by atoms with Gasteiger partial charge in [-0.2, -0.15) is 0 Å². The van der Waals surface area contributed by atoms with Gasteiger partial charge in [0, 0.05) is 19.0 Å². The molecule has 0 radical (unpaired) electrons. The molecule has 0 unspecified atom stereocenters. The number of fused-ring (bicyclic) bond motifs is 1. The average molecular weight is 475 g/mol. The van der Waals surface area contributed by atoms with Crippen molar-refractivity contribution in [2.24, 2.45) is 0 Å². The first-order valence-electron chi connectivity index (χ1n) is 11.5. The van der Waals surface area contributed by atoms with Gasteiger partial charge >= 0.3 is 0 Å². The van der Waals surface area contributed by atoms with E-state index >= 15 is 0 Å². The van der Waals surface area contributed by atoms with Gasteiger partial charge in [0.2, 0.25) is 0 Å². The number of aromatic nitrogens is 5. The molecule has 0 bridgehead atoms. The number of amides is 1. The Morgan fingerprint density at radius 3 is 2.54 bits per heavy atom. The fourth-order valence-corrected chi connectivity index (χ4v) is 4.54. The maximum atomic E-state index is 13.5. The van der Waals surface area contributed by atoms with Crippen LogP contribution in [0.2, 0.25) is 0 Å². The Morgan fingerprint density at radius 1 is 1.09 bits per heavy atom. The van der Waals surface area contributed by atoms with E-state index < -0.39 is 0 Å². The van der Waals surface area contributed by atoms with Crippen molar-refractivity contribution >= 4 is 17.1 Å². The summed E-state index contributed by atoms with van der Waals surface area (Å²) in [6.07, 6.45) is 1.57. The van der Waals surface area contributed by atoms with Gasteiger partial charge in [0.05, 0.1) is 20.8 Å². The Balaban J connectivity index is 1.44. The molecule has 0 spiro atoms. The van der Waals surface area contributed by atoms with Crippen molar-refractivity contribution in [3.05, 3.63) is 75.8 Å². The van der Waals surface area contributed by atoms with Gasteiger partial charge in [-0.1, -0.05) is 41.6 Å². The van der Waals surface area contributed by atoms with E-state index in [0.29, 0.717) is 48.2 Å². The number of piperidine rings is 1. The molecule has 1 N–H and O–H groups in total. The lowest BCUT2D eigenvalue weighted by molar-refractivity contribution is 0.0697. The smallest absolute Gasteiger partial charge is 0.281 e. The molecule has 10 nitrogen and oxygen atoms in total. The zero-order valence-corrected chi connectivity index (χ0v) is 19.6. The number of carbonyl (C=O) groups excluding carboxylic acids is 1. The molecule has 1 fully saturated rings. The molecule has 2 aromatic carbocycles. The molecule has 3 heterocycles. The standard InChI is InChI=1S/C25H26N6O4/c1-34-18-11-6-12-19(35-2)20(18)25(33)30-13-7-10-17(15-30)22-26-23-21(24(32)27-22)28-29-31(23)14-16-8-4-3-5-9-16/h3-6,8-9,11-12,17H,7,10,13-15H2,1-2H3,(H,26,27,32)/t17-/m0/s1. The SMILES string of the molecule is COc1cccc(OC)c1C(=O)N1CCC[C@H](c2nc3c(nnn3Cc3ccccc3)c(=O)[nH]2)C1. The highest BCUT2D eigenvalue weighted by atomic mass is 16.5. The Kier molecular flexibility index (Phi) is 6.17. The van der Waals surface area contributed by atoms with Gasteiger partial charge in [0.15, 0.2) is 11.2 Å². The largest absolute Gasteiger partial charge is 0.496 e. The van der Waals surface area contributed by atoms with Crippen molar-refractivity contribution in [2.45, 2.75) is 25.3 Å². The zero-order valence-electron chi connectivity index (χ0n) is 19.6. The summed E-state index contributed by atoms with van der Waals surface area (Å²) in [6, 6.07) is 15.1. The van der Waals surface area contributed by atoms with Gasteiger partial charge in [-0.3, -0.25) is 9.59 Å². The quantitative estimate of drug-likeness (QED) is 0.457. The normalized spacial score (nSPS) is 15.8. The van der Waals surface area contributed by atoms with E-state index in [1.807, 2.05) is 30.3 Å². The molecule has 10 heteroatoms. The second-order valence-electron chi connectivity index (χ2n) is 8.48. The molecule has 0 saturated carbocycles. The van der Waals surface area contributed by atoms with E-state index in [1.54, 1.807) is 27.8 Å². The zero-order chi connectivity index (χ0) is 24.4. The van der Waals surface area contributed by atoms with Crippen LogP contribution >= 0.6 is 0 Å². The molecular weight excluding hydrogens is 448 g/mol. The predicted octanol–water partition coefficient (Wildman–Crippen LogP) is 2.60. The van der Waals surface area contributed by atoms with Crippen LogP contribution in [-0.4, -0.2) is 63.1 Å². The minimum absolute atomic E-state index is 0.134. The molecular formula is C25H26N6O4. The van der Waals surface area contributed by atoms with Crippen LogP contribution in [0.15, 0.2) is 53.3 Å². The monoisotopic (exact) mass is 474 g/mol. The topological polar surface area (TPSA) is 115 Å². The molecule has 1 aliphatic heterocycles. The summed E-state index contributed by atoms with van der Waals surface area (Å²) in [5, 5.41) is 8.19. The molecule has 1 aliphatic rings. The number of nitrogens with zero attached hydrogens (tertiary/aromatic N) is 5. The van der Waals surface area contributed by atoms with Crippen LogP contribution < -0.4 is 15.0 Å². The molecule has 1 atom stereocenters. The van der Waals surface area contributed by atoms with Gasteiger partial charge in [0.1, 0.15) is 22.9 Å². The first-order chi connectivity index (χ1) is 17.1. The van der Waals surface area contributed by atoms with E-state index in [4.69, 9.17) is 14.5 Å². The number of rotatable bonds is 6. The number of aromatic amines is 1. The lowest BCUT2D eigenvalue weighted by atomic mass is 9.96. The van der Waals surface area contributed by atoms with Crippen LogP contribution in [0.5, 0.6) is 11.5 Å². The number of likely N-dealkylation sites (tertiary alicyclic amines) is 1. The Labute approximate surface area is 201 Å². The first-order valence-corrected chi connectivity index (χ1v) is 11.5. The maximum absolute atomic E-state index is 13.5. The summed E-state index contributed by atoms with van der Waals surface area (Å²) >= 11 is 0. The second-order valence-corrected chi connectivity index (χ2v) is 8.48. The van der Waals surface area contributed by atoms with Gasteiger partial charge in [-0.05, 0) is 30.5 Å². The molecule has 1 saturated heterocycles. The summed E-state index contributed by atoms with van der Waals surface area (Å²) in [4.78, 5) is 35.6. The van der Waals surface area contributed by atoms with Crippen molar-refractivity contribution in [3.8, 4) is 11.5 Å². The van der Waals surface area contributed by atoms with Gasteiger partial charge in [-0.15, -0.1) is 5.10 Å². The van der Waals surface area contributed by atoms with Crippen molar-refractivity contribution in [3.63, 3.8) is 0 Å². The maximum Gasteiger partial charge on any atom is 0.281 e. The fourth-order valence-electron chi connectivity index (χ4n) is 4.54. The summed E-state index contributed by atoms with van der Waals surface area (Å²) < 4.78 is 12.5. The first kappa shape index (κ1) is 22.6. The highest BCUT2D eigenvalue weighted by molar-refractivity contribution is 5.99. The summed E-state index contributed by atoms with van der Waals surface area (Å²) in [6.45, 7) is 1.46. The molecule has 4 aromatic rings. The number of hydrogen-bond acceptors (Lipinski definition) is 7. The third-order valence-electron chi connectivity index (χ3n) is 6.30. The summed E-state index contributed by atoms with van der Waals surface area (Å²) in [5.41, 5.74) is 1.72. The number of methoxy groups -OCH3 is 2. The second kappa shape index (κ2) is 9.57. The van der Waals surface area contributed by atoms with Crippen molar-refractivity contribution < 1.29 is 14.3 Å². The Bertz CT molecular complexity index is 1390. The van der Waals surface area contributed by atoms with Crippen LogP contribution in [0.3, 0.4) is 0 Å². The number of H-pyrrole nitrogens is 1. The fraction of sp³-hybridized carbons (Fsp3) is 0.320. The van der Waals surface area contributed by atoms with Crippen LogP contribution in [-0.2, 0) is 6.54 Å². The van der Waals surface area contributed by atoms with Gasteiger partial charge < -0.3 is 19.4 Å². The van der Waals surface area contributed by atoms with E-state index in [1.165, 1.54) is 14.2 Å². The highest BCUT2D eigenvalue weighted by Crippen LogP contribution is 2.32. The number of carbonyl (C=O) groups is 1. The summed E-state index contributed by atoms with van der Waals surface area (Å²) in [5.74, 6) is 1.14. The molecule has 2 aromatic heterocycles. The molecule has 0 aliphatic carbocycles. The highest BCUT2D eigenvalue weighted by Gasteiger charge is 2.31. The molecule has 180 valence electrons. The van der Waals surface area contributed by atoms with Crippen LogP contribution in [0.25, 0.3) is 11.2 Å². The summed E-state index contributed by atoms with van der Waals surface area (Å²) in [7, 11) is 3.06. The van der Waals surface area contributed by atoms with E-state index in [0.717, 1.165) is 18.4 Å². The minimum atomic E-state index is -0.334. The lowest BCUT2D eigenvalue weighted by Crippen LogP contribution is -2.40. The Morgan fingerprint density at radius 2 is 1.83 bits per heavy atom. The lowest BCUT2D eigenvalue weighted by Gasteiger charge is -2.32. The Hall–Kier alpha value is -4.21. The van der Waals surface area contributed by atoms with Crippen LogP contribution in [0, 0.1) is 0 Å². The third-order valence-corrected chi connectivity index (χ3v) is 6.30. The van der Waals surface area contributed by atoms with E-state index in [9.17, 15) is 9.59 Å². The van der Waals surface area contributed by atoms with Crippen LogP contribution in [0.4, 0.5) is 0 Å². The van der Waals surface area contributed by atoms with Crippen LogP contribution in [0.1, 0.15) is 40.5 Å². The van der Waals surface area contributed by atoms with Crippen molar-refractivity contribution in [2.75, 3.05) is 27.3 Å². The number of hydrogen-bond donors (Lipinski definition) is 1. The predicted molar refractivity (Wildman–Crippen MR) is 129 cm³/mol. The molecule has 1 amide bonds. The number of nitrogens with one attached hydrogen (secondary N) is 1.